The number of benzene rings is 2. The van der Waals surface area contributed by atoms with E-state index in [1.54, 1.807) is 31.4 Å². The number of ether oxygens (including phenoxy) is 1. The van der Waals surface area contributed by atoms with Crippen LogP contribution >= 0.6 is 0 Å². The van der Waals surface area contributed by atoms with Crippen LogP contribution in [0.1, 0.15) is 32.1 Å². The highest BCUT2D eigenvalue weighted by molar-refractivity contribution is 5.58. The van der Waals surface area contributed by atoms with E-state index in [0.29, 0.717) is 23.4 Å². The quantitative estimate of drug-likeness (QED) is 0.160. The summed E-state index contributed by atoms with van der Waals surface area (Å²) in [5.41, 5.74) is 12.5. The van der Waals surface area contributed by atoms with Gasteiger partial charge in [0.1, 0.15) is 11.6 Å². The zero-order valence-corrected chi connectivity index (χ0v) is 29.1. The van der Waals surface area contributed by atoms with Gasteiger partial charge in [-0.1, -0.05) is 22.4 Å². The van der Waals surface area contributed by atoms with E-state index < -0.39 is 0 Å². The van der Waals surface area contributed by atoms with E-state index in [4.69, 9.17) is 25.3 Å². The number of nitrogens with zero attached hydrogens (tertiary/aromatic N) is 12. The molecule has 6 aromatic rings. The minimum absolute atomic E-state index is 0.00164. The van der Waals surface area contributed by atoms with Crippen LogP contribution in [0.2, 0.25) is 0 Å². The number of halogens is 2. The smallest absolute Gasteiger partial charge is 0.324 e. The highest BCUT2D eigenvalue weighted by Crippen LogP contribution is 2.25. The van der Waals surface area contributed by atoms with Crippen LogP contribution in [0.15, 0.2) is 57.6 Å². The second kappa shape index (κ2) is 16.4. The molecule has 0 saturated carbocycles. The topological polar surface area (TPSA) is 247 Å². The summed E-state index contributed by atoms with van der Waals surface area (Å²) in [6.45, 7) is 3.28. The zero-order chi connectivity index (χ0) is 37.4. The van der Waals surface area contributed by atoms with Crippen molar-refractivity contribution in [2.75, 3.05) is 65.2 Å². The SMILES string of the molecule is COC1CCN(c2nc(-c3nc(N)nc(Nc4cccc(F)c4)n3)no2)CC1.Nc1nc(Nc2cccc(F)c2)nc(-c2noc(N3CCCCC3)n2)n1. The van der Waals surface area contributed by atoms with Crippen molar-refractivity contribution >= 4 is 47.2 Å². The van der Waals surface area contributed by atoms with Crippen LogP contribution in [0.25, 0.3) is 23.3 Å². The van der Waals surface area contributed by atoms with Gasteiger partial charge < -0.3 is 45.7 Å². The first-order valence-corrected chi connectivity index (χ1v) is 17.1. The molecule has 0 unspecified atom stereocenters. The number of nitrogen functional groups attached to an aromatic ring is 2. The van der Waals surface area contributed by atoms with E-state index in [9.17, 15) is 8.78 Å². The second-order valence-electron chi connectivity index (χ2n) is 12.2. The molecule has 4 aromatic heterocycles. The number of rotatable bonds is 9. The number of piperidine rings is 2. The Balaban J connectivity index is 0.000000167. The predicted molar refractivity (Wildman–Crippen MR) is 193 cm³/mol. The molecule has 21 heteroatoms. The van der Waals surface area contributed by atoms with Gasteiger partial charge in [-0.3, -0.25) is 0 Å². The van der Waals surface area contributed by atoms with Gasteiger partial charge in [0, 0.05) is 44.7 Å². The fourth-order valence-electron chi connectivity index (χ4n) is 5.72. The Morgan fingerprint density at radius 2 is 1.11 bits per heavy atom. The average Bonchev–Trinajstić information content (AvgIpc) is 3.87. The zero-order valence-electron chi connectivity index (χ0n) is 29.1. The maximum Gasteiger partial charge on any atom is 0.324 e. The fraction of sp³-hybridized carbons (Fsp3) is 0.333. The predicted octanol–water partition coefficient (Wildman–Crippen LogP) is 4.38. The van der Waals surface area contributed by atoms with Crippen LogP contribution in [0.3, 0.4) is 0 Å². The van der Waals surface area contributed by atoms with Crippen molar-refractivity contribution in [2.45, 2.75) is 38.2 Å². The molecule has 0 aliphatic carbocycles. The van der Waals surface area contributed by atoms with Crippen molar-refractivity contribution in [3.05, 3.63) is 60.2 Å². The molecular formula is C33H36F2N16O3. The number of hydrogen-bond donors (Lipinski definition) is 4. The monoisotopic (exact) mass is 742 g/mol. The van der Waals surface area contributed by atoms with Gasteiger partial charge in [0.15, 0.2) is 0 Å². The Bertz CT molecular complexity index is 2170. The summed E-state index contributed by atoms with van der Waals surface area (Å²) >= 11 is 0. The number of hydrogen-bond acceptors (Lipinski definition) is 19. The van der Waals surface area contributed by atoms with Gasteiger partial charge in [-0.05, 0) is 68.5 Å². The molecule has 6 N–H and O–H groups in total. The van der Waals surface area contributed by atoms with E-state index in [-0.39, 0.29) is 64.8 Å². The van der Waals surface area contributed by atoms with Crippen LogP contribution in [-0.2, 0) is 4.74 Å². The molecule has 2 aliphatic heterocycles. The van der Waals surface area contributed by atoms with Gasteiger partial charge in [-0.15, -0.1) is 0 Å². The number of aromatic nitrogens is 10. The van der Waals surface area contributed by atoms with Crippen LogP contribution in [0.4, 0.5) is 56.0 Å². The van der Waals surface area contributed by atoms with Crippen LogP contribution in [0.5, 0.6) is 0 Å². The normalized spacial score (nSPS) is 14.7. The third kappa shape index (κ3) is 9.04. The van der Waals surface area contributed by atoms with Crippen molar-refractivity contribution in [1.29, 1.82) is 0 Å². The Labute approximate surface area is 306 Å². The summed E-state index contributed by atoms with van der Waals surface area (Å²) in [6, 6.07) is 12.7. The summed E-state index contributed by atoms with van der Waals surface area (Å²) in [5.74, 6) is 0.310. The largest absolute Gasteiger partial charge is 0.381 e. The van der Waals surface area contributed by atoms with Gasteiger partial charge in [0.25, 0.3) is 0 Å². The number of nitrogens with one attached hydrogen (secondary N) is 2. The van der Waals surface area contributed by atoms with Crippen molar-refractivity contribution in [1.82, 2.24) is 50.2 Å². The second-order valence-corrected chi connectivity index (χ2v) is 12.2. The van der Waals surface area contributed by atoms with Gasteiger partial charge >= 0.3 is 12.0 Å². The summed E-state index contributed by atoms with van der Waals surface area (Å²) < 4.78 is 42.7. The lowest BCUT2D eigenvalue weighted by atomic mass is 10.1. The fourth-order valence-corrected chi connectivity index (χ4v) is 5.72. The molecule has 2 fully saturated rings. The summed E-state index contributed by atoms with van der Waals surface area (Å²) in [4.78, 5) is 37.4. The maximum absolute atomic E-state index is 13.4. The molecule has 8 rings (SSSR count). The number of methoxy groups -OCH3 is 1. The molecule has 0 bridgehead atoms. The molecule has 2 aliphatic rings. The Hall–Kier alpha value is -6.64. The highest BCUT2D eigenvalue weighted by Gasteiger charge is 2.24. The third-order valence-electron chi connectivity index (χ3n) is 8.37. The molecule has 0 radical (unpaired) electrons. The molecular weight excluding hydrogens is 706 g/mol. The summed E-state index contributed by atoms with van der Waals surface area (Å²) in [6.07, 6.45) is 5.41. The van der Waals surface area contributed by atoms with E-state index >= 15 is 0 Å². The Kier molecular flexibility index (Phi) is 10.8. The molecule has 19 nitrogen and oxygen atoms in total. The van der Waals surface area contributed by atoms with E-state index in [0.717, 1.165) is 51.9 Å². The molecule has 0 atom stereocenters. The van der Waals surface area contributed by atoms with Crippen molar-refractivity contribution in [3.63, 3.8) is 0 Å². The van der Waals surface area contributed by atoms with Crippen molar-refractivity contribution in [3.8, 4) is 23.3 Å². The van der Waals surface area contributed by atoms with Gasteiger partial charge in [-0.2, -0.15) is 39.9 Å². The van der Waals surface area contributed by atoms with Crippen LogP contribution in [-0.4, -0.2) is 89.6 Å². The summed E-state index contributed by atoms with van der Waals surface area (Å²) in [5, 5.41) is 13.7. The molecule has 54 heavy (non-hydrogen) atoms. The van der Waals surface area contributed by atoms with Crippen LogP contribution < -0.4 is 31.9 Å². The van der Waals surface area contributed by atoms with E-state index in [2.05, 4.69) is 60.8 Å². The minimum Gasteiger partial charge on any atom is -0.381 e. The molecule has 2 saturated heterocycles. The molecule has 0 amide bonds. The van der Waals surface area contributed by atoms with Crippen molar-refractivity contribution < 1.29 is 22.6 Å². The lowest BCUT2D eigenvalue weighted by Gasteiger charge is -2.29. The standard InChI is InChI=1S/C17H19FN8O2.C16H17FN8O/c1-27-12-5-7-26(8-6-12)17-23-14(25-28-17)13-21-15(19)24-16(22-13)20-11-4-2-3-10(18)9-11;17-10-5-4-6-11(9-10)19-15-21-12(20-14(18)23-15)13-22-16(26-24-13)25-7-2-1-3-8-25/h2-4,9,12H,5-8H2,1H3,(H3,19,20,21,22,24);4-6,9H,1-3,7-8H2,(H3,18,19,20,21,23). The van der Waals surface area contributed by atoms with Gasteiger partial charge in [0.2, 0.25) is 47.1 Å². The average molecular weight is 743 g/mol. The lowest BCUT2D eigenvalue weighted by molar-refractivity contribution is 0.0808. The molecule has 280 valence electrons. The van der Waals surface area contributed by atoms with Crippen molar-refractivity contribution in [2.24, 2.45) is 0 Å². The van der Waals surface area contributed by atoms with Gasteiger partial charge in [0.05, 0.1) is 6.10 Å². The molecule has 0 spiro atoms. The maximum atomic E-state index is 13.4. The Morgan fingerprint density at radius 1 is 0.630 bits per heavy atom. The lowest BCUT2D eigenvalue weighted by Crippen LogP contribution is -2.36. The number of nitrogens with two attached hydrogens (primary N) is 2. The van der Waals surface area contributed by atoms with Gasteiger partial charge in [-0.25, -0.2) is 8.78 Å². The molecule has 6 heterocycles. The first-order valence-electron chi connectivity index (χ1n) is 17.1. The first-order chi connectivity index (χ1) is 26.3. The highest BCUT2D eigenvalue weighted by atomic mass is 19.1. The third-order valence-corrected chi connectivity index (χ3v) is 8.37. The first kappa shape index (κ1) is 35.7. The minimum atomic E-state index is -0.382. The van der Waals surface area contributed by atoms with Crippen LogP contribution in [0, 0.1) is 11.6 Å². The Morgan fingerprint density at radius 3 is 1.57 bits per heavy atom. The molecule has 2 aromatic carbocycles. The van der Waals surface area contributed by atoms with E-state index in [1.165, 1.54) is 30.7 Å². The number of anilines is 8. The van der Waals surface area contributed by atoms with E-state index in [1.807, 2.05) is 9.80 Å². The summed E-state index contributed by atoms with van der Waals surface area (Å²) in [7, 11) is 1.71.